The fourth-order valence-electron chi connectivity index (χ4n) is 4.89. The van der Waals surface area contributed by atoms with Crippen molar-refractivity contribution in [3.8, 4) is 0 Å². The summed E-state index contributed by atoms with van der Waals surface area (Å²) >= 11 is 0. The number of ether oxygens (including phenoxy) is 1. The van der Waals surface area contributed by atoms with Crippen LogP contribution in [0.1, 0.15) is 37.7 Å². The Hall–Kier alpha value is -0.970. The van der Waals surface area contributed by atoms with E-state index in [1.54, 1.807) is 0 Å². The van der Waals surface area contributed by atoms with Crippen LogP contribution < -0.4 is 0 Å². The first-order valence-electron chi connectivity index (χ1n) is 9.04. The van der Waals surface area contributed by atoms with Crippen LogP contribution in [0.2, 0.25) is 0 Å². The van der Waals surface area contributed by atoms with Crippen LogP contribution in [0.25, 0.3) is 0 Å². The highest BCUT2D eigenvalue weighted by atomic mass is 19.1. The standard InChI is InChI=1S/C19H27FN2O/c1-21-11-10-17-19(21)18(12-22(17)16-4-2-3-5-16)23-13-14-6-8-15(20)9-7-14/h6-9,16-19H,2-5,10-13H2,1H3. The molecule has 3 aliphatic rings. The molecule has 2 heterocycles. The fourth-order valence-corrected chi connectivity index (χ4v) is 4.89. The Balaban J connectivity index is 1.43. The van der Waals surface area contributed by atoms with Crippen LogP contribution >= 0.6 is 0 Å². The highest BCUT2D eigenvalue weighted by Crippen LogP contribution is 2.37. The molecule has 3 atom stereocenters. The molecular formula is C19H27FN2O. The normalized spacial score (nSPS) is 32.7. The van der Waals surface area contributed by atoms with E-state index in [4.69, 9.17) is 4.74 Å². The molecule has 1 aliphatic carbocycles. The maximum Gasteiger partial charge on any atom is 0.123 e. The zero-order valence-electron chi connectivity index (χ0n) is 14.0. The largest absolute Gasteiger partial charge is 0.371 e. The van der Waals surface area contributed by atoms with E-state index < -0.39 is 0 Å². The molecule has 3 nitrogen and oxygen atoms in total. The Morgan fingerprint density at radius 3 is 2.61 bits per heavy atom. The lowest BCUT2D eigenvalue weighted by Crippen LogP contribution is -2.41. The van der Waals surface area contributed by atoms with E-state index >= 15 is 0 Å². The van der Waals surface area contributed by atoms with Gasteiger partial charge in [0.25, 0.3) is 0 Å². The lowest BCUT2D eigenvalue weighted by molar-refractivity contribution is 0.0101. The zero-order chi connectivity index (χ0) is 15.8. The van der Waals surface area contributed by atoms with E-state index in [1.807, 2.05) is 12.1 Å². The number of benzene rings is 1. The topological polar surface area (TPSA) is 15.7 Å². The van der Waals surface area contributed by atoms with Crippen LogP contribution in [0.15, 0.2) is 24.3 Å². The summed E-state index contributed by atoms with van der Waals surface area (Å²) in [6, 6.07) is 8.65. The molecule has 3 fully saturated rings. The molecule has 23 heavy (non-hydrogen) atoms. The Morgan fingerprint density at radius 1 is 1.13 bits per heavy atom. The van der Waals surface area contributed by atoms with Gasteiger partial charge in [0.05, 0.1) is 18.8 Å². The molecule has 0 bridgehead atoms. The van der Waals surface area contributed by atoms with Crippen molar-refractivity contribution in [2.24, 2.45) is 0 Å². The van der Waals surface area contributed by atoms with E-state index in [-0.39, 0.29) is 11.9 Å². The first kappa shape index (κ1) is 15.6. The average molecular weight is 318 g/mol. The number of likely N-dealkylation sites (tertiary alicyclic amines) is 2. The molecule has 0 aromatic heterocycles. The van der Waals surface area contributed by atoms with Gasteiger partial charge in [-0.05, 0) is 50.6 Å². The summed E-state index contributed by atoms with van der Waals surface area (Å²) in [7, 11) is 2.23. The maximum atomic E-state index is 13.0. The lowest BCUT2D eigenvalue weighted by Gasteiger charge is -2.29. The van der Waals surface area contributed by atoms with Gasteiger partial charge in [-0.25, -0.2) is 4.39 Å². The number of halogens is 1. The Morgan fingerprint density at radius 2 is 1.87 bits per heavy atom. The van der Waals surface area contributed by atoms with Gasteiger partial charge in [-0.3, -0.25) is 9.80 Å². The molecule has 0 spiro atoms. The van der Waals surface area contributed by atoms with E-state index in [2.05, 4.69) is 16.8 Å². The number of likely N-dealkylation sites (N-methyl/N-ethyl adjacent to an activating group) is 1. The molecule has 1 aromatic rings. The number of nitrogens with zero attached hydrogens (tertiary/aromatic N) is 2. The van der Waals surface area contributed by atoms with Gasteiger partial charge in [0.1, 0.15) is 5.82 Å². The van der Waals surface area contributed by atoms with Gasteiger partial charge < -0.3 is 4.74 Å². The van der Waals surface area contributed by atoms with E-state index in [1.165, 1.54) is 50.8 Å². The van der Waals surface area contributed by atoms with Crippen LogP contribution in [0.4, 0.5) is 4.39 Å². The van der Waals surface area contributed by atoms with Crippen molar-refractivity contribution in [3.05, 3.63) is 35.6 Å². The molecule has 0 radical (unpaired) electrons. The molecule has 0 N–H and O–H groups in total. The van der Waals surface area contributed by atoms with Crippen molar-refractivity contribution in [2.45, 2.75) is 62.9 Å². The second kappa shape index (κ2) is 6.50. The molecule has 0 amide bonds. The van der Waals surface area contributed by atoms with E-state index in [0.717, 1.165) is 18.2 Å². The number of fused-ring (bicyclic) bond motifs is 1. The van der Waals surface area contributed by atoms with Gasteiger partial charge in [0, 0.05) is 18.6 Å². The molecule has 3 unspecified atom stereocenters. The second-order valence-electron chi connectivity index (χ2n) is 7.44. The molecule has 2 aliphatic heterocycles. The molecule has 4 rings (SSSR count). The number of rotatable bonds is 4. The van der Waals surface area contributed by atoms with Gasteiger partial charge in [0.15, 0.2) is 0 Å². The monoisotopic (exact) mass is 318 g/mol. The molecule has 1 aromatic carbocycles. The molecule has 2 saturated heterocycles. The Labute approximate surface area is 138 Å². The number of hydrogen-bond acceptors (Lipinski definition) is 3. The first-order chi connectivity index (χ1) is 11.2. The Bertz CT molecular complexity index is 529. The first-order valence-corrected chi connectivity index (χ1v) is 9.04. The van der Waals surface area contributed by atoms with Crippen LogP contribution in [0.5, 0.6) is 0 Å². The van der Waals surface area contributed by atoms with Crippen molar-refractivity contribution in [2.75, 3.05) is 20.1 Å². The summed E-state index contributed by atoms with van der Waals surface area (Å²) < 4.78 is 19.3. The fraction of sp³-hybridized carbons (Fsp3) is 0.684. The summed E-state index contributed by atoms with van der Waals surface area (Å²) in [6.07, 6.45) is 7.03. The van der Waals surface area contributed by atoms with Gasteiger partial charge in [-0.15, -0.1) is 0 Å². The van der Waals surface area contributed by atoms with E-state index in [9.17, 15) is 4.39 Å². The predicted octanol–water partition coefficient (Wildman–Crippen LogP) is 3.04. The van der Waals surface area contributed by atoms with Gasteiger partial charge in [-0.1, -0.05) is 25.0 Å². The summed E-state index contributed by atoms with van der Waals surface area (Å²) in [5, 5.41) is 0. The van der Waals surface area contributed by atoms with Gasteiger partial charge >= 0.3 is 0 Å². The third-order valence-corrected chi connectivity index (χ3v) is 6.05. The van der Waals surface area contributed by atoms with Crippen molar-refractivity contribution in [1.29, 1.82) is 0 Å². The average Bonchev–Trinajstić information content (AvgIpc) is 3.26. The van der Waals surface area contributed by atoms with Crippen LogP contribution in [0.3, 0.4) is 0 Å². The van der Waals surface area contributed by atoms with Crippen molar-refractivity contribution in [3.63, 3.8) is 0 Å². The third kappa shape index (κ3) is 3.04. The zero-order valence-corrected chi connectivity index (χ0v) is 14.0. The lowest BCUT2D eigenvalue weighted by atomic mass is 10.1. The van der Waals surface area contributed by atoms with Gasteiger partial charge in [0.2, 0.25) is 0 Å². The van der Waals surface area contributed by atoms with Crippen molar-refractivity contribution < 1.29 is 9.13 Å². The Kier molecular flexibility index (Phi) is 4.39. The minimum Gasteiger partial charge on any atom is -0.371 e. The van der Waals surface area contributed by atoms with Gasteiger partial charge in [-0.2, -0.15) is 0 Å². The maximum absolute atomic E-state index is 13.0. The molecular weight excluding hydrogens is 291 g/mol. The quantitative estimate of drug-likeness (QED) is 0.849. The summed E-state index contributed by atoms with van der Waals surface area (Å²) in [6.45, 7) is 2.82. The highest BCUT2D eigenvalue weighted by molar-refractivity contribution is 5.15. The minimum absolute atomic E-state index is 0.183. The van der Waals surface area contributed by atoms with E-state index in [0.29, 0.717) is 18.7 Å². The third-order valence-electron chi connectivity index (χ3n) is 6.05. The summed E-state index contributed by atoms with van der Waals surface area (Å²) in [4.78, 5) is 5.23. The minimum atomic E-state index is -0.183. The van der Waals surface area contributed by atoms with Crippen molar-refractivity contribution >= 4 is 0 Å². The van der Waals surface area contributed by atoms with Crippen LogP contribution in [-0.4, -0.2) is 54.2 Å². The predicted molar refractivity (Wildman–Crippen MR) is 88.8 cm³/mol. The SMILES string of the molecule is CN1CCC2C1C(OCc1ccc(F)cc1)CN2C1CCCC1. The highest BCUT2D eigenvalue weighted by Gasteiger charge is 2.49. The van der Waals surface area contributed by atoms with Crippen molar-refractivity contribution in [1.82, 2.24) is 9.80 Å². The summed E-state index contributed by atoms with van der Waals surface area (Å²) in [5.41, 5.74) is 1.06. The smallest absolute Gasteiger partial charge is 0.123 e. The number of hydrogen-bond donors (Lipinski definition) is 0. The molecule has 1 saturated carbocycles. The van der Waals surface area contributed by atoms with Crippen LogP contribution in [0, 0.1) is 5.82 Å². The summed E-state index contributed by atoms with van der Waals surface area (Å²) in [5.74, 6) is -0.183. The molecule has 4 heteroatoms. The van der Waals surface area contributed by atoms with Crippen LogP contribution in [-0.2, 0) is 11.3 Å². The molecule has 126 valence electrons. The second-order valence-corrected chi connectivity index (χ2v) is 7.44.